The Balaban J connectivity index is 2.35. The Kier molecular flexibility index (Phi) is 3.77. The number of ether oxygens (including phenoxy) is 1. The highest BCUT2D eigenvalue weighted by Gasteiger charge is 2.28. The number of nitrogens with zero attached hydrogens (tertiary/aromatic N) is 1. The summed E-state index contributed by atoms with van der Waals surface area (Å²) in [7, 11) is -3.14. The predicted octanol–water partition coefficient (Wildman–Crippen LogP) is 1.08. The van der Waals surface area contributed by atoms with Crippen molar-refractivity contribution in [1.29, 1.82) is 0 Å². The van der Waals surface area contributed by atoms with E-state index in [-0.39, 0.29) is 5.75 Å². The largest absolute Gasteiger partial charge is 0.494 e. The van der Waals surface area contributed by atoms with Crippen molar-refractivity contribution in [2.24, 2.45) is 5.73 Å². The molecule has 0 atom stereocenters. The van der Waals surface area contributed by atoms with Gasteiger partial charge in [0.15, 0.2) is 0 Å². The van der Waals surface area contributed by atoms with Crippen LogP contribution in [0.5, 0.6) is 5.75 Å². The molecule has 1 aromatic carbocycles. The third-order valence-corrected chi connectivity index (χ3v) is 4.82. The molecule has 100 valence electrons. The number of rotatable bonds is 4. The fourth-order valence-corrected chi connectivity index (χ4v) is 3.66. The molecule has 1 fully saturated rings. The molecule has 2 rings (SSSR count). The first-order valence-electron chi connectivity index (χ1n) is 6.04. The average Bonchev–Trinajstić information content (AvgIpc) is 2.70. The molecule has 5 nitrogen and oxygen atoms in total. The van der Waals surface area contributed by atoms with E-state index in [0.717, 1.165) is 11.3 Å². The molecular weight excluding hydrogens is 252 g/mol. The Morgan fingerprint density at radius 3 is 2.78 bits per heavy atom. The summed E-state index contributed by atoms with van der Waals surface area (Å²) in [5.74, 6) is 0.943. The first kappa shape index (κ1) is 13.2. The maximum absolute atomic E-state index is 11.8. The zero-order chi connectivity index (χ0) is 13.2. The molecule has 1 aliphatic rings. The van der Waals surface area contributed by atoms with Crippen LogP contribution >= 0.6 is 0 Å². The predicted molar refractivity (Wildman–Crippen MR) is 71.3 cm³/mol. The molecule has 0 amide bonds. The molecule has 1 saturated heterocycles. The molecule has 6 heteroatoms. The number of anilines is 1. The minimum Gasteiger partial charge on any atom is -0.494 e. The van der Waals surface area contributed by atoms with Crippen molar-refractivity contribution in [3.05, 3.63) is 23.8 Å². The third kappa shape index (κ3) is 2.44. The second-order valence-corrected chi connectivity index (χ2v) is 6.18. The molecule has 0 aliphatic carbocycles. The van der Waals surface area contributed by atoms with Gasteiger partial charge in [0.1, 0.15) is 5.75 Å². The summed E-state index contributed by atoms with van der Waals surface area (Å²) in [5, 5.41) is 0. The lowest BCUT2D eigenvalue weighted by molar-refractivity contribution is 0.336. The Labute approximate surface area is 108 Å². The van der Waals surface area contributed by atoms with Crippen LogP contribution in [0.15, 0.2) is 18.2 Å². The van der Waals surface area contributed by atoms with E-state index < -0.39 is 10.0 Å². The third-order valence-electron chi connectivity index (χ3n) is 2.95. The van der Waals surface area contributed by atoms with E-state index >= 15 is 0 Å². The Bertz CT molecular complexity index is 528. The van der Waals surface area contributed by atoms with E-state index in [4.69, 9.17) is 10.5 Å². The minimum absolute atomic E-state index is 0.220. The smallest absolute Gasteiger partial charge is 0.235 e. The summed E-state index contributed by atoms with van der Waals surface area (Å²) in [6.45, 7) is 3.34. The van der Waals surface area contributed by atoms with Crippen molar-refractivity contribution in [1.82, 2.24) is 0 Å². The number of hydrogen-bond donors (Lipinski definition) is 1. The molecule has 18 heavy (non-hydrogen) atoms. The van der Waals surface area contributed by atoms with Crippen molar-refractivity contribution < 1.29 is 13.2 Å². The van der Waals surface area contributed by atoms with Crippen LogP contribution < -0.4 is 14.8 Å². The van der Waals surface area contributed by atoms with Gasteiger partial charge in [-0.15, -0.1) is 0 Å². The van der Waals surface area contributed by atoms with E-state index in [9.17, 15) is 8.42 Å². The molecule has 0 saturated carbocycles. The standard InChI is InChI=1S/C12H18N2O3S/c1-2-17-12-5-4-11(8-10(12)9-13)14-6-3-7-18(14,15)16/h4-5,8H,2-3,6-7,9,13H2,1H3. The number of sulfonamides is 1. The maximum atomic E-state index is 11.8. The summed E-state index contributed by atoms with van der Waals surface area (Å²) in [6.07, 6.45) is 0.674. The van der Waals surface area contributed by atoms with Crippen molar-refractivity contribution in [2.45, 2.75) is 19.9 Å². The van der Waals surface area contributed by atoms with Crippen LogP contribution in [0, 0.1) is 0 Å². The number of benzene rings is 1. The molecule has 0 radical (unpaired) electrons. The Hall–Kier alpha value is -1.27. The molecule has 0 unspecified atom stereocenters. The van der Waals surface area contributed by atoms with Gasteiger partial charge in [0, 0.05) is 18.7 Å². The first-order valence-corrected chi connectivity index (χ1v) is 7.65. The van der Waals surface area contributed by atoms with E-state index in [1.807, 2.05) is 6.92 Å². The Morgan fingerprint density at radius 1 is 1.44 bits per heavy atom. The zero-order valence-electron chi connectivity index (χ0n) is 10.4. The lowest BCUT2D eigenvalue weighted by Crippen LogP contribution is -2.25. The SMILES string of the molecule is CCOc1ccc(N2CCCS2(=O)=O)cc1CN. The topological polar surface area (TPSA) is 72.6 Å². The van der Waals surface area contributed by atoms with Crippen LogP contribution in [-0.2, 0) is 16.6 Å². The van der Waals surface area contributed by atoms with Crippen molar-refractivity contribution in [3.8, 4) is 5.75 Å². The van der Waals surface area contributed by atoms with Crippen molar-refractivity contribution >= 4 is 15.7 Å². The molecule has 1 aliphatic heterocycles. The van der Waals surface area contributed by atoms with Gasteiger partial charge >= 0.3 is 0 Å². The quantitative estimate of drug-likeness (QED) is 0.888. The highest BCUT2D eigenvalue weighted by molar-refractivity contribution is 7.93. The van der Waals surface area contributed by atoms with Crippen molar-refractivity contribution in [2.75, 3.05) is 23.2 Å². The molecular formula is C12H18N2O3S. The van der Waals surface area contributed by atoms with Gasteiger partial charge in [-0.05, 0) is 31.5 Å². The van der Waals surface area contributed by atoms with E-state index in [0.29, 0.717) is 31.8 Å². The zero-order valence-corrected chi connectivity index (χ0v) is 11.2. The van der Waals surface area contributed by atoms with Crippen LogP contribution in [-0.4, -0.2) is 27.3 Å². The monoisotopic (exact) mass is 270 g/mol. The lowest BCUT2D eigenvalue weighted by atomic mass is 10.1. The summed E-state index contributed by atoms with van der Waals surface area (Å²) in [4.78, 5) is 0. The minimum atomic E-state index is -3.14. The summed E-state index contributed by atoms with van der Waals surface area (Å²) >= 11 is 0. The molecule has 1 aromatic rings. The summed E-state index contributed by atoms with van der Waals surface area (Å²) in [5.41, 5.74) is 7.18. The number of nitrogens with two attached hydrogens (primary N) is 1. The van der Waals surface area contributed by atoms with Gasteiger partial charge in [-0.25, -0.2) is 8.42 Å². The molecule has 2 N–H and O–H groups in total. The van der Waals surface area contributed by atoms with E-state index in [2.05, 4.69) is 0 Å². The normalized spacial score (nSPS) is 18.0. The van der Waals surface area contributed by atoms with Gasteiger partial charge in [-0.2, -0.15) is 0 Å². The highest BCUT2D eigenvalue weighted by Crippen LogP contribution is 2.29. The van der Waals surface area contributed by atoms with Crippen LogP contribution in [0.4, 0.5) is 5.69 Å². The van der Waals surface area contributed by atoms with Crippen LogP contribution in [0.2, 0.25) is 0 Å². The molecule has 0 aromatic heterocycles. The van der Waals surface area contributed by atoms with E-state index in [1.165, 1.54) is 4.31 Å². The van der Waals surface area contributed by atoms with Gasteiger partial charge in [-0.3, -0.25) is 4.31 Å². The Morgan fingerprint density at radius 2 is 2.22 bits per heavy atom. The average molecular weight is 270 g/mol. The van der Waals surface area contributed by atoms with Crippen LogP contribution in [0.1, 0.15) is 18.9 Å². The van der Waals surface area contributed by atoms with Crippen LogP contribution in [0.3, 0.4) is 0 Å². The highest BCUT2D eigenvalue weighted by atomic mass is 32.2. The fourth-order valence-electron chi connectivity index (χ4n) is 2.11. The summed E-state index contributed by atoms with van der Waals surface area (Å²) < 4.78 is 30.6. The maximum Gasteiger partial charge on any atom is 0.235 e. The van der Waals surface area contributed by atoms with Gasteiger partial charge in [-0.1, -0.05) is 0 Å². The van der Waals surface area contributed by atoms with Gasteiger partial charge in [0.05, 0.1) is 18.0 Å². The van der Waals surface area contributed by atoms with Gasteiger partial charge < -0.3 is 10.5 Å². The molecule has 0 spiro atoms. The van der Waals surface area contributed by atoms with Gasteiger partial charge in [0.25, 0.3) is 0 Å². The van der Waals surface area contributed by atoms with Gasteiger partial charge in [0.2, 0.25) is 10.0 Å². The molecule has 1 heterocycles. The lowest BCUT2D eigenvalue weighted by Gasteiger charge is -2.19. The molecule has 0 bridgehead atoms. The van der Waals surface area contributed by atoms with Crippen molar-refractivity contribution in [3.63, 3.8) is 0 Å². The van der Waals surface area contributed by atoms with Crippen LogP contribution in [0.25, 0.3) is 0 Å². The fraction of sp³-hybridized carbons (Fsp3) is 0.500. The van der Waals surface area contributed by atoms with E-state index in [1.54, 1.807) is 18.2 Å². The number of hydrogen-bond acceptors (Lipinski definition) is 4. The first-order chi connectivity index (χ1) is 8.58. The summed E-state index contributed by atoms with van der Waals surface area (Å²) in [6, 6.07) is 5.36. The second kappa shape index (κ2) is 5.16. The second-order valence-electron chi connectivity index (χ2n) is 4.17.